The van der Waals surface area contributed by atoms with Gasteiger partial charge >= 0.3 is 0 Å². The SMILES string of the molecule is COc1cccc(OC)c1-n1c(CS(=O)(=O)[C@@H](C)Cc2ncc(F)cn2)nnc1-c1cccc(C(=O)N2CCC2)n1. The molecular weight excluding hydrogens is 553 g/mol. The van der Waals surface area contributed by atoms with Crippen LogP contribution in [0.25, 0.3) is 17.2 Å². The Morgan fingerprint density at radius 1 is 1.02 bits per heavy atom. The van der Waals surface area contributed by atoms with Crippen molar-refractivity contribution >= 4 is 15.7 Å². The third-order valence-electron chi connectivity index (χ3n) is 6.78. The van der Waals surface area contributed by atoms with Crippen molar-refractivity contribution in [2.24, 2.45) is 0 Å². The number of likely N-dealkylation sites (tertiary alicyclic amines) is 1. The Morgan fingerprint density at radius 3 is 2.29 bits per heavy atom. The Balaban J connectivity index is 1.59. The first-order chi connectivity index (χ1) is 19.7. The number of carbonyl (C=O) groups excluding carboxylic acids is 1. The number of aromatic nitrogens is 6. The van der Waals surface area contributed by atoms with Crippen LogP contribution in [0.5, 0.6) is 11.5 Å². The standard InChI is InChI=1S/C27H28FN7O5S/c1-17(13-23-29-14-18(28)15-30-23)41(37,38)16-24-32-33-26(35(24)25-21(39-2)9-5-10-22(25)40-3)19-7-4-8-20(31-19)27(36)34-11-6-12-34/h4-5,7-10,14-15,17H,6,11-13,16H2,1-3H3/t17-/m0/s1. The van der Waals surface area contributed by atoms with E-state index in [4.69, 9.17) is 9.47 Å². The number of benzene rings is 1. The second-order valence-electron chi connectivity index (χ2n) is 9.48. The van der Waals surface area contributed by atoms with Crippen LogP contribution in [0.3, 0.4) is 0 Å². The van der Waals surface area contributed by atoms with E-state index in [1.807, 2.05) is 0 Å². The summed E-state index contributed by atoms with van der Waals surface area (Å²) in [4.78, 5) is 26.9. The molecule has 0 unspecified atom stereocenters. The van der Waals surface area contributed by atoms with Gasteiger partial charge in [-0.3, -0.25) is 9.36 Å². The lowest BCUT2D eigenvalue weighted by Crippen LogP contribution is -2.42. The lowest BCUT2D eigenvalue weighted by molar-refractivity contribution is 0.0646. The zero-order valence-corrected chi connectivity index (χ0v) is 23.5. The van der Waals surface area contributed by atoms with Crippen molar-refractivity contribution in [1.82, 2.24) is 34.6 Å². The van der Waals surface area contributed by atoms with E-state index in [0.717, 1.165) is 18.8 Å². The van der Waals surface area contributed by atoms with Crippen molar-refractivity contribution in [1.29, 1.82) is 0 Å². The van der Waals surface area contributed by atoms with Crippen LogP contribution >= 0.6 is 0 Å². The van der Waals surface area contributed by atoms with Gasteiger partial charge in [-0.05, 0) is 37.6 Å². The molecule has 5 rings (SSSR count). The van der Waals surface area contributed by atoms with Gasteiger partial charge in [-0.1, -0.05) is 12.1 Å². The highest BCUT2D eigenvalue weighted by Gasteiger charge is 2.30. The van der Waals surface area contributed by atoms with Gasteiger partial charge in [0.1, 0.15) is 40.2 Å². The van der Waals surface area contributed by atoms with Gasteiger partial charge in [0.15, 0.2) is 27.3 Å². The summed E-state index contributed by atoms with van der Waals surface area (Å²) in [5.41, 5.74) is 0.928. The van der Waals surface area contributed by atoms with Gasteiger partial charge in [0.2, 0.25) is 0 Å². The zero-order valence-electron chi connectivity index (χ0n) is 22.7. The van der Waals surface area contributed by atoms with E-state index in [1.54, 1.807) is 41.3 Å². The van der Waals surface area contributed by atoms with Crippen molar-refractivity contribution < 1.29 is 27.1 Å². The predicted molar refractivity (Wildman–Crippen MR) is 146 cm³/mol. The summed E-state index contributed by atoms with van der Waals surface area (Å²) in [5.74, 6) is -0.0749. The van der Waals surface area contributed by atoms with Gasteiger partial charge in [-0.2, -0.15) is 0 Å². The lowest BCUT2D eigenvalue weighted by atomic mass is 10.2. The Labute approximate surface area is 236 Å². The first kappa shape index (κ1) is 28.1. The van der Waals surface area contributed by atoms with Crippen molar-refractivity contribution in [3.8, 4) is 28.7 Å². The average molecular weight is 582 g/mol. The van der Waals surface area contributed by atoms with Gasteiger partial charge in [0.05, 0.1) is 31.9 Å². The van der Waals surface area contributed by atoms with E-state index < -0.39 is 26.7 Å². The number of sulfone groups is 1. The Kier molecular flexibility index (Phi) is 7.92. The summed E-state index contributed by atoms with van der Waals surface area (Å²) in [5, 5.41) is 7.64. The van der Waals surface area contributed by atoms with E-state index in [9.17, 15) is 17.6 Å². The number of para-hydroxylation sites is 1. The van der Waals surface area contributed by atoms with E-state index in [-0.39, 0.29) is 35.5 Å². The van der Waals surface area contributed by atoms with E-state index >= 15 is 0 Å². The summed E-state index contributed by atoms with van der Waals surface area (Å²) in [6.07, 6.45) is 2.90. The first-order valence-electron chi connectivity index (χ1n) is 12.8. The minimum Gasteiger partial charge on any atom is -0.494 e. The number of rotatable bonds is 10. The van der Waals surface area contributed by atoms with Crippen LogP contribution in [-0.2, 0) is 22.0 Å². The lowest BCUT2D eigenvalue weighted by Gasteiger charge is -2.30. The number of pyridine rings is 1. The molecule has 0 aliphatic carbocycles. The van der Waals surface area contributed by atoms with Crippen LogP contribution in [0.15, 0.2) is 48.8 Å². The average Bonchev–Trinajstić information content (AvgIpc) is 3.35. The fourth-order valence-corrected chi connectivity index (χ4v) is 5.61. The number of nitrogens with zero attached hydrogens (tertiary/aromatic N) is 7. The molecule has 0 spiro atoms. The minimum absolute atomic E-state index is 0.0240. The van der Waals surface area contributed by atoms with Gasteiger partial charge in [0.25, 0.3) is 5.91 Å². The molecule has 0 radical (unpaired) electrons. The monoisotopic (exact) mass is 581 g/mol. The summed E-state index contributed by atoms with van der Waals surface area (Å²) < 4.78 is 53.0. The van der Waals surface area contributed by atoms with Crippen molar-refractivity contribution in [3.63, 3.8) is 0 Å². The highest BCUT2D eigenvalue weighted by molar-refractivity contribution is 7.91. The van der Waals surface area contributed by atoms with Gasteiger partial charge < -0.3 is 14.4 Å². The maximum Gasteiger partial charge on any atom is 0.272 e. The van der Waals surface area contributed by atoms with Crippen LogP contribution in [0, 0.1) is 5.82 Å². The van der Waals surface area contributed by atoms with E-state index in [0.29, 0.717) is 36.0 Å². The van der Waals surface area contributed by atoms with E-state index in [2.05, 4.69) is 25.1 Å². The molecule has 4 aromatic rings. The molecular formula is C27H28FN7O5S. The molecule has 0 N–H and O–H groups in total. The first-order valence-corrected chi connectivity index (χ1v) is 14.5. The second kappa shape index (κ2) is 11.6. The molecule has 4 heterocycles. The number of methoxy groups -OCH3 is 2. The highest BCUT2D eigenvalue weighted by atomic mass is 32.2. The molecule has 214 valence electrons. The van der Waals surface area contributed by atoms with Crippen LogP contribution in [-0.4, -0.2) is 81.5 Å². The Bertz CT molecular complexity index is 1650. The number of ether oxygens (including phenoxy) is 2. The van der Waals surface area contributed by atoms with Crippen LogP contribution in [0.2, 0.25) is 0 Å². The molecule has 1 fully saturated rings. The molecule has 1 atom stereocenters. The van der Waals surface area contributed by atoms with Crippen LogP contribution in [0.4, 0.5) is 4.39 Å². The summed E-state index contributed by atoms with van der Waals surface area (Å²) in [6.45, 7) is 2.87. The molecule has 1 aliphatic rings. The highest BCUT2D eigenvalue weighted by Crippen LogP contribution is 2.36. The maximum atomic E-state index is 13.5. The maximum absolute atomic E-state index is 13.5. The molecule has 14 heteroatoms. The topological polar surface area (TPSA) is 142 Å². The molecule has 1 saturated heterocycles. The van der Waals surface area contributed by atoms with Crippen LogP contribution in [0.1, 0.15) is 35.5 Å². The number of hydrogen-bond acceptors (Lipinski definition) is 10. The van der Waals surface area contributed by atoms with Crippen molar-refractivity contribution in [2.45, 2.75) is 30.8 Å². The zero-order chi connectivity index (χ0) is 29.1. The third-order valence-corrected chi connectivity index (χ3v) is 8.84. The molecule has 0 saturated carbocycles. The summed E-state index contributed by atoms with van der Waals surface area (Å²) in [6, 6.07) is 10.1. The molecule has 1 aliphatic heterocycles. The molecule has 1 aromatic carbocycles. The molecule has 12 nitrogen and oxygen atoms in total. The number of carbonyl (C=O) groups is 1. The molecule has 41 heavy (non-hydrogen) atoms. The van der Waals surface area contributed by atoms with Gasteiger partial charge in [-0.25, -0.2) is 27.8 Å². The number of hydrogen-bond donors (Lipinski definition) is 0. The largest absolute Gasteiger partial charge is 0.494 e. The van der Waals surface area contributed by atoms with Gasteiger partial charge in [0, 0.05) is 19.5 Å². The quantitative estimate of drug-likeness (QED) is 0.274. The normalized spacial score (nSPS) is 13.9. The summed E-state index contributed by atoms with van der Waals surface area (Å²) in [7, 11) is -0.888. The van der Waals surface area contributed by atoms with Crippen molar-refractivity contribution in [3.05, 3.63) is 72.0 Å². The minimum atomic E-state index is -3.85. The van der Waals surface area contributed by atoms with Crippen molar-refractivity contribution in [2.75, 3.05) is 27.3 Å². The fraction of sp³-hybridized carbons (Fsp3) is 0.333. The number of halogens is 1. The second-order valence-corrected chi connectivity index (χ2v) is 11.9. The Morgan fingerprint density at radius 2 is 1.68 bits per heavy atom. The molecule has 0 bridgehead atoms. The van der Waals surface area contributed by atoms with E-state index in [1.165, 1.54) is 25.7 Å². The smallest absolute Gasteiger partial charge is 0.272 e. The number of amides is 1. The van der Waals surface area contributed by atoms with Crippen LogP contribution < -0.4 is 9.47 Å². The fourth-order valence-electron chi connectivity index (χ4n) is 4.37. The Hall–Kier alpha value is -4.46. The summed E-state index contributed by atoms with van der Waals surface area (Å²) >= 11 is 0. The third kappa shape index (κ3) is 5.73. The molecule has 3 aromatic heterocycles. The predicted octanol–water partition coefficient (Wildman–Crippen LogP) is 2.67. The van der Waals surface area contributed by atoms with Gasteiger partial charge in [-0.15, -0.1) is 10.2 Å². The molecule has 1 amide bonds.